The van der Waals surface area contributed by atoms with Gasteiger partial charge in [0.25, 0.3) is 11.8 Å². The van der Waals surface area contributed by atoms with E-state index in [4.69, 9.17) is 19.3 Å². The maximum atomic E-state index is 15.0. The maximum Gasteiger partial charge on any atom is 0.272 e. The van der Waals surface area contributed by atoms with Gasteiger partial charge in [-0.25, -0.2) is 15.0 Å². The zero-order valence-corrected chi connectivity index (χ0v) is 52.4. The van der Waals surface area contributed by atoms with E-state index in [-0.39, 0.29) is 49.1 Å². The molecular weight excluding hydrogens is 1140 g/mol. The summed E-state index contributed by atoms with van der Waals surface area (Å²) in [6, 6.07) is 24.5. The van der Waals surface area contributed by atoms with Gasteiger partial charge in [0.2, 0.25) is 11.8 Å². The first-order valence-electron chi connectivity index (χ1n) is 30.4. The predicted molar refractivity (Wildman–Crippen MR) is 339 cm³/mol. The van der Waals surface area contributed by atoms with E-state index in [1.54, 1.807) is 29.2 Å². The molecule has 2 aliphatic heterocycles. The number of pyridine rings is 1. The summed E-state index contributed by atoms with van der Waals surface area (Å²) >= 11 is 2.99. The highest BCUT2D eigenvalue weighted by molar-refractivity contribution is 7.22. The number of aliphatic hydroxyl groups is 1. The number of amides is 4. The van der Waals surface area contributed by atoms with Gasteiger partial charge in [-0.1, -0.05) is 86.0 Å². The van der Waals surface area contributed by atoms with Crippen LogP contribution in [-0.2, 0) is 35.6 Å². The SMILES string of the molecule is Cc1cc([C@@H](C(=O)N2C[C@H](O)C[C@H]2C(=O)NCc2ccc(-c3scnc3C)cc2OCCN(C)CCCN(C)C(=O)c2nc(N3CCc4cccc(C(=O)Nc5nc6ccccc6s5)c4C3)ccc2-c2cnn(CC3CCCCC3)c2C)C(C)C)on1. The van der Waals surface area contributed by atoms with Gasteiger partial charge in [0, 0.05) is 93.3 Å². The first kappa shape index (κ1) is 60.8. The molecular formula is C66H78N12O7S2. The third-order valence-electron chi connectivity index (χ3n) is 17.4. The summed E-state index contributed by atoms with van der Waals surface area (Å²) in [5.41, 5.74) is 11.5. The van der Waals surface area contributed by atoms with Crippen LogP contribution in [0.25, 0.3) is 31.8 Å². The number of carbonyl (C=O) groups is 4. The van der Waals surface area contributed by atoms with Crippen molar-refractivity contribution in [2.75, 3.05) is 63.6 Å². The van der Waals surface area contributed by atoms with E-state index < -0.39 is 18.1 Å². The summed E-state index contributed by atoms with van der Waals surface area (Å²) in [5.74, 6) is 0.434. The molecule has 1 saturated heterocycles. The fraction of sp³-hybridized carbons (Fsp3) is 0.439. The van der Waals surface area contributed by atoms with Gasteiger partial charge in [-0.05, 0) is 125 Å². The van der Waals surface area contributed by atoms with Gasteiger partial charge < -0.3 is 39.3 Å². The van der Waals surface area contributed by atoms with Crippen molar-refractivity contribution in [3.8, 4) is 27.3 Å². The summed E-state index contributed by atoms with van der Waals surface area (Å²) in [6.07, 6.45) is 8.70. The number of ether oxygens (including phenoxy) is 1. The number of aliphatic hydroxyl groups excluding tert-OH is 1. The quantitative estimate of drug-likeness (QED) is 0.0575. The van der Waals surface area contributed by atoms with Crippen LogP contribution in [0.3, 0.4) is 0 Å². The van der Waals surface area contributed by atoms with Gasteiger partial charge >= 0.3 is 0 Å². The predicted octanol–water partition coefficient (Wildman–Crippen LogP) is 10.5. The smallest absolute Gasteiger partial charge is 0.272 e. The van der Waals surface area contributed by atoms with Crippen molar-refractivity contribution in [3.63, 3.8) is 0 Å². The lowest BCUT2D eigenvalue weighted by molar-refractivity contribution is -0.141. The summed E-state index contributed by atoms with van der Waals surface area (Å²) < 4.78 is 15.2. The second kappa shape index (κ2) is 27.0. The van der Waals surface area contributed by atoms with Crippen molar-refractivity contribution >= 4 is 67.5 Å². The van der Waals surface area contributed by atoms with E-state index >= 15 is 0 Å². The maximum absolute atomic E-state index is 15.0. The van der Waals surface area contributed by atoms with Crippen LogP contribution >= 0.6 is 22.7 Å². The highest BCUT2D eigenvalue weighted by Crippen LogP contribution is 2.37. The number of fused-ring (bicyclic) bond motifs is 2. The van der Waals surface area contributed by atoms with Crippen molar-refractivity contribution in [3.05, 3.63) is 141 Å². The van der Waals surface area contributed by atoms with Crippen molar-refractivity contribution in [1.29, 1.82) is 0 Å². The number of nitrogens with one attached hydrogen (secondary N) is 2. The summed E-state index contributed by atoms with van der Waals surface area (Å²) in [7, 11) is 3.87. The van der Waals surface area contributed by atoms with Crippen LogP contribution in [0.4, 0.5) is 10.9 Å². The lowest BCUT2D eigenvalue weighted by Gasteiger charge is -2.31. The summed E-state index contributed by atoms with van der Waals surface area (Å²) in [6.45, 7) is 13.9. The normalized spacial score (nSPS) is 16.6. The van der Waals surface area contributed by atoms with Crippen LogP contribution < -0.4 is 20.3 Å². The van der Waals surface area contributed by atoms with E-state index in [0.29, 0.717) is 97.5 Å². The first-order chi connectivity index (χ1) is 42.1. The number of carbonyl (C=O) groups excluding carboxylic acids is 4. The molecule has 8 aromatic rings. The van der Waals surface area contributed by atoms with Crippen molar-refractivity contribution < 1.29 is 33.5 Å². The van der Waals surface area contributed by atoms with Gasteiger partial charge in [0.15, 0.2) is 5.13 Å². The molecule has 0 bridgehead atoms. The number of rotatable bonds is 22. The molecule has 3 N–H and O–H groups in total. The Balaban J connectivity index is 0.752. The number of nitrogens with zero attached hydrogens (tertiary/aromatic N) is 10. The molecule has 7 heterocycles. The van der Waals surface area contributed by atoms with Gasteiger partial charge in [0.1, 0.15) is 41.6 Å². The number of β-amino-alcohol motifs (C(OH)–C–C–N with tert-alkyl or cyclic N) is 1. The largest absolute Gasteiger partial charge is 0.492 e. The number of hydrogen-bond acceptors (Lipinski definition) is 16. The molecule has 3 aromatic carbocycles. The van der Waals surface area contributed by atoms with Crippen LogP contribution in [0, 0.1) is 32.6 Å². The monoisotopic (exact) mass is 1210 g/mol. The highest BCUT2D eigenvalue weighted by Gasteiger charge is 2.43. The van der Waals surface area contributed by atoms with Crippen LogP contribution in [0.15, 0.2) is 95.1 Å². The number of likely N-dealkylation sites (tertiary alicyclic amines) is 1. The third kappa shape index (κ3) is 13.8. The van der Waals surface area contributed by atoms with Crippen LogP contribution in [0.5, 0.6) is 5.75 Å². The Bertz CT molecular complexity index is 3740. The van der Waals surface area contributed by atoms with E-state index in [2.05, 4.69) is 53.2 Å². The average Bonchev–Trinajstić information content (AvgIpc) is 3.16. The Hall–Kier alpha value is -7.85. The Morgan fingerprint density at radius 1 is 0.920 bits per heavy atom. The minimum atomic E-state index is -0.871. The van der Waals surface area contributed by atoms with Crippen LogP contribution in [-0.4, -0.2) is 139 Å². The molecule has 19 nitrogen and oxygen atoms in total. The van der Waals surface area contributed by atoms with Gasteiger partial charge in [-0.15, -0.1) is 11.3 Å². The Morgan fingerprint density at radius 2 is 1.75 bits per heavy atom. The second-order valence-electron chi connectivity index (χ2n) is 24.0. The van der Waals surface area contributed by atoms with E-state index in [0.717, 1.165) is 66.4 Å². The molecule has 0 radical (unpaired) electrons. The molecule has 21 heteroatoms. The number of aryl methyl sites for hydroxylation is 2. The van der Waals surface area contributed by atoms with E-state index in [9.17, 15) is 24.3 Å². The fourth-order valence-corrected chi connectivity index (χ4v) is 14.1. The number of hydrogen-bond donors (Lipinski definition) is 3. The Morgan fingerprint density at radius 3 is 2.52 bits per heavy atom. The number of thiazole rings is 2. The molecule has 0 spiro atoms. The highest BCUT2D eigenvalue weighted by atomic mass is 32.1. The molecule has 2 fully saturated rings. The summed E-state index contributed by atoms with van der Waals surface area (Å²) in [4.78, 5) is 80.0. The lowest BCUT2D eigenvalue weighted by atomic mass is 9.89. The minimum absolute atomic E-state index is 0.0399. The van der Waals surface area contributed by atoms with Crippen LogP contribution in [0.2, 0.25) is 0 Å². The zero-order valence-electron chi connectivity index (χ0n) is 50.8. The summed E-state index contributed by atoms with van der Waals surface area (Å²) in [5, 5.41) is 26.3. The number of benzene rings is 3. The number of para-hydroxylation sites is 1. The third-order valence-corrected chi connectivity index (χ3v) is 19.3. The molecule has 3 atom stereocenters. The van der Waals surface area contributed by atoms with Crippen molar-refractivity contribution in [2.24, 2.45) is 11.8 Å². The minimum Gasteiger partial charge on any atom is -0.492 e. The lowest BCUT2D eigenvalue weighted by Crippen LogP contribution is -2.48. The number of aromatic nitrogens is 6. The average molecular weight is 1220 g/mol. The number of anilines is 2. The molecule has 87 heavy (non-hydrogen) atoms. The standard InChI is InChI=1S/C66H78N12O7S2/c1-40(2)59(56-31-41(3)73-85-56)64(82)77-37-48(79)33-54(77)63(81)67-34-47-22-21-46(61-42(4)68-39-86-61)32-55(47)84-30-29-74(6)26-14-27-75(7)65(83)60-49(51-35-69-78(43(51)5)36-44-15-9-8-10-16-44)23-24-58(71-60)76-28-25-45-17-13-18-50(52(45)38-76)62(80)72-66-70-53-19-11-12-20-57(53)87-66/h11-13,17-24,31-32,35,39-40,44,48,54,59,79H,8-10,14-16,25-30,33-34,36-38H2,1-7H3,(H,67,81)(H,70,72,80)/t48-,54+,59+/m1/s1. The first-order valence-corrected chi connectivity index (χ1v) is 32.1. The molecule has 1 aliphatic carbocycles. The van der Waals surface area contributed by atoms with E-state index in [1.165, 1.54) is 48.3 Å². The Kier molecular flexibility index (Phi) is 18.9. The second-order valence-corrected chi connectivity index (χ2v) is 25.9. The molecule has 11 rings (SSSR count). The van der Waals surface area contributed by atoms with Crippen molar-refractivity contribution in [2.45, 2.75) is 124 Å². The van der Waals surface area contributed by atoms with Crippen LogP contribution in [0.1, 0.15) is 125 Å². The van der Waals surface area contributed by atoms with E-state index in [1.807, 2.05) is 113 Å². The Labute approximate surface area is 516 Å². The molecule has 3 aliphatic rings. The zero-order chi connectivity index (χ0) is 60.9. The van der Waals surface area contributed by atoms with Gasteiger partial charge in [-0.3, -0.25) is 29.2 Å². The van der Waals surface area contributed by atoms with Gasteiger partial charge in [-0.2, -0.15) is 5.10 Å². The topological polar surface area (TPSA) is 217 Å². The molecule has 1 saturated carbocycles. The van der Waals surface area contributed by atoms with Gasteiger partial charge in [0.05, 0.1) is 44.3 Å². The molecule has 4 amide bonds. The molecule has 456 valence electrons. The fourth-order valence-electron chi connectivity index (χ4n) is 12.5. The molecule has 5 aromatic heterocycles. The van der Waals surface area contributed by atoms with Crippen molar-refractivity contribution in [1.82, 2.24) is 49.9 Å². The number of likely N-dealkylation sites (N-methyl/N-ethyl adjacent to an activating group) is 1. The molecule has 0 unspecified atom stereocenters.